The van der Waals surface area contributed by atoms with Gasteiger partial charge in [-0.25, -0.2) is 0 Å². The monoisotopic (exact) mass is 99.1 g/mol. The van der Waals surface area contributed by atoms with E-state index in [9.17, 15) is 0 Å². The van der Waals surface area contributed by atoms with E-state index in [1.54, 1.807) is 0 Å². The highest BCUT2D eigenvalue weighted by atomic mass is 31.2. The second-order valence-electron chi connectivity index (χ2n) is 2.00. The molecule has 0 aromatic rings. The molecule has 0 rings (SSSR count). The van der Waals surface area contributed by atoms with Crippen molar-refractivity contribution in [2.24, 2.45) is 0 Å². The van der Waals surface area contributed by atoms with E-state index in [0.717, 1.165) is 6.06 Å². The third kappa shape index (κ3) is 4.42. The van der Waals surface area contributed by atoms with Crippen molar-refractivity contribution in [2.75, 3.05) is 6.06 Å². The Morgan fingerprint density at radius 3 is 1.67 bits per heavy atom. The first-order chi connectivity index (χ1) is 2.56. The zero-order chi connectivity index (χ0) is 5.21. The molecule has 0 fully saturated rings. The van der Waals surface area contributed by atoms with E-state index in [1.807, 2.05) is 15.1 Å². The van der Waals surface area contributed by atoms with Crippen LogP contribution in [-0.4, -0.2) is 29.0 Å². The van der Waals surface area contributed by atoms with Crippen LogP contribution in [0.4, 0.5) is 0 Å². The quantitative estimate of drug-likeness (QED) is 0.303. The van der Waals surface area contributed by atoms with Gasteiger partial charge >= 0.3 is 0 Å². The Labute approximate surface area is 41.9 Å². The van der Waals surface area contributed by atoms with Crippen LogP contribution in [0.2, 0.25) is 0 Å². The van der Waals surface area contributed by atoms with Gasteiger partial charge < -0.3 is 5.16 Å². The summed E-state index contributed by atoms with van der Waals surface area (Å²) in [5.41, 5.74) is 0. The largest absolute Gasteiger partial charge is 0.338 e. The van der Waals surface area contributed by atoms with Gasteiger partial charge in [0.15, 0.2) is 0 Å². The van der Waals surface area contributed by atoms with Gasteiger partial charge in [0.1, 0.15) is 23.0 Å². The van der Waals surface area contributed by atoms with Gasteiger partial charge in [-0.3, -0.25) is 0 Å². The first-order valence-electron chi connectivity index (χ1n) is 2.14. The Bertz CT molecular complexity index is 74.9. The highest BCUT2D eigenvalue weighted by molar-refractivity contribution is 8.07. The van der Waals surface area contributed by atoms with Crippen LogP contribution in [-0.2, 0) is 0 Å². The molecule has 0 radical (unpaired) electrons. The summed E-state index contributed by atoms with van der Waals surface area (Å²) in [5, 5.41) is 7.29. The Morgan fingerprint density at radius 1 is 1.50 bits per heavy atom. The highest BCUT2D eigenvalue weighted by Gasteiger charge is 1.93. The zero-order valence-electron chi connectivity index (χ0n) is 4.65. The van der Waals surface area contributed by atoms with E-state index in [-0.39, 0.29) is 0 Å². The number of hydrogen-bond acceptors (Lipinski definition) is 1. The summed E-state index contributed by atoms with van der Waals surface area (Å²) in [7, 11) is 6.11. The molecule has 0 unspecified atom stereocenters. The van der Waals surface area contributed by atoms with E-state index < -0.39 is 6.81 Å². The molecule has 0 spiro atoms. The molecule has 0 bridgehead atoms. The summed E-state index contributed by atoms with van der Waals surface area (Å²) in [6, 6.07) is 1.05. The van der Waals surface area contributed by atoms with Crippen LogP contribution in [0.3, 0.4) is 0 Å². The smallest absolute Gasteiger partial charge is 0.144 e. The standard InChI is InChI=1S/CH9B3NP/c2-1-6(3,4)5/h5H,1-4H2. The second kappa shape index (κ2) is 1.93. The molecule has 6 heavy (non-hydrogen) atoms. The van der Waals surface area contributed by atoms with Crippen molar-refractivity contribution in [1.82, 2.24) is 0 Å². The lowest BCUT2D eigenvalue weighted by Crippen LogP contribution is -1.83. The topological polar surface area (TPSA) is 23.9 Å². The summed E-state index contributed by atoms with van der Waals surface area (Å²) >= 11 is 0. The van der Waals surface area contributed by atoms with Crippen molar-refractivity contribution in [2.45, 2.75) is 0 Å². The summed E-state index contributed by atoms with van der Waals surface area (Å²) in [4.78, 5) is 0. The molecule has 5 heteroatoms. The van der Waals surface area contributed by atoms with Crippen molar-refractivity contribution in [3.8, 4) is 0 Å². The predicted molar refractivity (Wildman–Crippen MR) is 40.1 cm³/mol. The average Bonchev–Trinajstić information content (AvgIpc) is 1.35. The fourth-order valence-corrected chi connectivity index (χ4v) is 0. The van der Waals surface area contributed by atoms with Gasteiger partial charge in [0.25, 0.3) is 0 Å². The van der Waals surface area contributed by atoms with Crippen molar-refractivity contribution in [3.63, 3.8) is 0 Å². The molecule has 0 amide bonds. The molecule has 0 atom stereocenters. The van der Waals surface area contributed by atoms with Crippen molar-refractivity contribution >= 4 is 29.8 Å². The van der Waals surface area contributed by atoms with Gasteiger partial charge in [-0.15, -0.1) is 6.81 Å². The molecule has 0 aliphatic rings. The Morgan fingerprint density at radius 2 is 1.67 bits per heavy atom. The lowest BCUT2D eigenvalue weighted by Gasteiger charge is -2.01. The number of hydrogen-bond donors (Lipinski definition) is 1. The summed E-state index contributed by atoms with van der Waals surface area (Å²) in [6.45, 7) is -1.15. The van der Waals surface area contributed by atoms with Crippen LogP contribution in [0.25, 0.3) is 0 Å². The van der Waals surface area contributed by atoms with Gasteiger partial charge in [-0.2, -0.15) is 0 Å². The van der Waals surface area contributed by atoms with Gasteiger partial charge in [0.2, 0.25) is 0 Å². The maximum absolute atomic E-state index is 7.29. The third-order valence-corrected chi connectivity index (χ3v) is 2.37. The van der Waals surface area contributed by atoms with E-state index in [2.05, 4.69) is 7.85 Å². The van der Waals surface area contributed by atoms with Gasteiger partial charge in [-0.1, -0.05) is 6.06 Å². The molecular weight excluding hydrogens is 89.4 g/mol. The number of nitrogens with one attached hydrogen (secondary N) is 1. The minimum absolute atomic E-state index is 1.05. The van der Waals surface area contributed by atoms with Crippen molar-refractivity contribution in [1.29, 1.82) is 5.16 Å². The molecule has 0 heterocycles. The zero-order valence-corrected chi connectivity index (χ0v) is 5.55. The lowest BCUT2D eigenvalue weighted by molar-refractivity contribution is 1.62. The number of rotatable bonds is 1. The molecule has 1 N–H and O–H groups in total. The Kier molecular flexibility index (Phi) is 2.06. The van der Waals surface area contributed by atoms with Gasteiger partial charge in [-0.05, 0) is 0 Å². The fraction of sp³-hybridized carbons (Fsp3) is 1.00. The Balaban J connectivity index is 3.48. The SMILES string of the molecule is BCP(B)(B)=N. The molecule has 0 saturated heterocycles. The molecular formula is CH9B3NP. The van der Waals surface area contributed by atoms with E-state index >= 15 is 0 Å². The normalized spacial score (nSPS) is 11.3. The van der Waals surface area contributed by atoms with Crippen LogP contribution in [0.1, 0.15) is 0 Å². The first kappa shape index (κ1) is 6.42. The van der Waals surface area contributed by atoms with Gasteiger partial charge in [0, 0.05) is 0 Å². The molecule has 0 aliphatic heterocycles. The third-order valence-electron chi connectivity index (χ3n) is 0.791. The van der Waals surface area contributed by atoms with Crippen LogP contribution in [0, 0.1) is 5.16 Å². The minimum atomic E-state index is -1.15. The van der Waals surface area contributed by atoms with E-state index in [1.165, 1.54) is 0 Å². The minimum Gasteiger partial charge on any atom is -0.338 e. The molecule has 1 nitrogen and oxygen atoms in total. The summed E-state index contributed by atoms with van der Waals surface area (Å²) < 4.78 is 0. The van der Waals surface area contributed by atoms with Crippen molar-refractivity contribution in [3.05, 3.63) is 0 Å². The summed E-state index contributed by atoms with van der Waals surface area (Å²) in [5.74, 6) is 0. The van der Waals surface area contributed by atoms with Crippen LogP contribution >= 0.6 is 6.81 Å². The lowest BCUT2D eigenvalue weighted by atomic mass is 10.2. The van der Waals surface area contributed by atoms with Crippen LogP contribution in [0.5, 0.6) is 0 Å². The molecule has 0 saturated carbocycles. The predicted octanol–water partition coefficient (Wildman–Crippen LogP) is -1.55. The molecule has 0 aliphatic carbocycles. The summed E-state index contributed by atoms with van der Waals surface area (Å²) in [6.07, 6.45) is 0. The van der Waals surface area contributed by atoms with Crippen LogP contribution < -0.4 is 0 Å². The molecule has 32 valence electrons. The molecule has 0 aromatic heterocycles. The maximum Gasteiger partial charge on any atom is 0.144 e. The first-order valence-corrected chi connectivity index (χ1v) is 5.01. The maximum atomic E-state index is 7.29. The average molecular weight is 98.5 g/mol. The highest BCUT2D eigenvalue weighted by Crippen LogP contribution is 2.30. The fourth-order valence-electron chi connectivity index (χ4n) is 0. The van der Waals surface area contributed by atoms with Crippen molar-refractivity contribution < 1.29 is 0 Å². The Hall–Kier alpha value is 0.425. The van der Waals surface area contributed by atoms with Crippen LogP contribution in [0.15, 0.2) is 0 Å². The van der Waals surface area contributed by atoms with E-state index in [0.29, 0.717) is 0 Å². The van der Waals surface area contributed by atoms with Gasteiger partial charge in [0.05, 0.1) is 0 Å². The molecule has 0 aromatic carbocycles. The second-order valence-corrected chi connectivity index (χ2v) is 6.00. The van der Waals surface area contributed by atoms with E-state index in [4.69, 9.17) is 5.16 Å².